The second kappa shape index (κ2) is 6.75. The molecular weight excluding hydrogens is 321 g/mol. The molecule has 0 unspecified atom stereocenters. The number of carbonyl (C=O) groups excluding carboxylic acids is 1. The Morgan fingerprint density at radius 2 is 2.20 bits per heavy atom. The third kappa shape index (κ3) is 3.68. The van der Waals surface area contributed by atoms with Gasteiger partial charge in [0.05, 0.1) is 29.3 Å². The SMILES string of the molecule is O=C(CCc1nc2ccc(F)cc2[nH]1)N[C@@H]1COC2(CCCCC2)C1. The Balaban J connectivity index is 1.29. The van der Waals surface area contributed by atoms with Crippen molar-refractivity contribution >= 4 is 16.9 Å². The highest BCUT2D eigenvalue weighted by molar-refractivity contribution is 5.77. The fraction of sp³-hybridized carbons (Fsp3) is 0.579. The molecule has 25 heavy (non-hydrogen) atoms. The molecule has 1 saturated carbocycles. The number of rotatable bonds is 4. The van der Waals surface area contributed by atoms with Crippen LogP contribution in [0, 0.1) is 5.82 Å². The summed E-state index contributed by atoms with van der Waals surface area (Å²) in [7, 11) is 0. The van der Waals surface area contributed by atoms with Crippen LogP contribution in [-0.4, -0.2) is 34.1 Å². The standard InChI is InChI=1S/C19H24FN3O2/c20-13-4-5-15-16(10-13)23-17(22-15)6-7-18(24)21-14-11-19(25-12-14)8-2-1-3-9-19/h4-5,10,14H,1-3,6-9,11-12H2,(H,21,24)(H,22,23)/t14-/m0/s1. The van der Waals surface area contributed by atoms with E-state index in [1.165, 1.54) is 31.4 Å². The fourth-order valence-corrected chi connectivity index (χ4v) is 4.17. The second-order valence-electron chi connectivity index (χ2n) is 7.37. The van der Waals surface area contributed by atoms with Crippen LogP contribution in [0.1, 0.15) is 50.8 Å². The smallest absolute Gasteiger partial charge is 0.220 e. The van der Waals surface area contributed by atoms with Gasteiger partial charge >= 0.3 is 0 Å². The molecule has 134 valence electrons. The maximum atomic E-state index is 13.2. The van der Waals surface area contributed by atoms with E-state index in [1.54, 1.807) is 6.07 Å². The van der Waals surface area contributed by atoms with E-state index in [4.69, 9.17) is 4.74 Å². The summed E-state index contributed by atoms with van der Waals surface area (Å²) in [5.74, 6) is 0.439. The van der Waals surface area contributed by atoms with Crippen LogP contribution in [0.4, 0.5) is 4.39 Å². The first-order valence-corrected chi connectivity index (χ1v) is 9.19. The van der Waals surface area contributed by atoms with Crippen LogP contribution in [0.3, 0.4) is 0 Å². The van der Waals surface area contributed by atoms with Gasteiger partial charge in [-0.3, -0.25) is 4.79 Å². The van der Waals surface area contributed by atoms with Crippen molar-refractivity contribution in [1.82, 2.24) is 15.3 Å². The van der Waals surface area contributed by atoms with Gasteiger partial charge in [-0.2, -0.15) is 0 Å². The molecule has 2 fully saturated rings. The minimum absolute atomic E-state index is 0.0129. The van der Waals surface area contributed by atoms with Gasteiger partial charge in [0.15, 0.2) is 0 Å². The average Bonchev–Trinajstić information content (AvgIpc) is 3.17. The minimum Gasteiger partial charge on any atom is -0.373 e. The van der Waals surface area contributed by atoms with E-state index in [-0.39, 0.29) is 23.4 Å². The van der Waals surface area contributed by atoms with Crippen LogP contribution in [0.2, 0.25) is 0 Å². The van der Waals surface area contributed by atoms with Gasteiger partial charge in [0.1, 0.15) is 11.6 Å². The Morgan fingerprint density at radius 3 is 3.04 bits per heavy atom. The lowest BCUT2D eigenvalue weighted by molar-refractivity contribution is -0.121. The highest BCUT2D eigenvalue weighted by Crippen LogP contribution is 2.39. The summed E-state index contributed by atoms with van der Waals surface area (Å²) in [6.45, 7) is 0.621. The molecule has 6 heteroatoms. The van der Waals surface area contributed by atoms with E-state index in [1.807, 2.05) is 0 Å². The number of amides is 1. The molecule has 1 aliphatic carbocycles. The van der Waals surface area contributed by atoms with E-state index in [0.717, 1.165) is 24.8 Å². The molecular formula is C19H24FN3O2. The zero-order chi connectivity index (χ0) is 17.3. The monoisotopic (exact) mass is 345 g/mol. The zero-order valence-electron chi connectivity index (χ0n) is 14.3. The van der Waals surface area contributed by atoms with Crippen LogP contribution in [-0.2, 0) is 16.0 Å². The van der Waals surface area contributed by atoms with E-state index in [9.17, 15) is 9.18 Å². The number of aromatic amines is 1. The lowest BCUT2D eigenvalue weighted by Crippen LogP contribution is -2.37. The number of H-pyrrole nitrogens is 1. The number of hydrogen-bond donors (Lipinski definition) is 2. The molecule has 1 aromatic heterocycles. The van der Waals surface area contributed by atoms with Crippen LogP contribution in [0.5, 0.6) is 0 Å². The molecule has 2 heterocycles. The molecule has 1 saturated heterocycles. The van der Waals surface area contributed by atoms with Crippen molar-refractivity contribution in [2.45, 2.75) is 63.0 Å². The Bertz CT molecular complexity index is 767. The normalized spacial score (nSPS) is 22.5. The van der Waals surface area contributed by atoms with Crippen molar-refractivity contribution in [1.29, 1.82) is 0 Å². The zero-order valence-corrected chi connectivity index (χ0v) is 14.3. The molecule has 0 radical (unpaired) electrons. The van der Waals surface area contributed by atoms with Crippen molar-refractivity contribution in [2.24, 2.45) is 0 Å². The molecule has 4 rings (SSSR count). The van der Waals surface area contributed by atoms with Crippen LogP contribution in [0.15, 0.2) is 18.2 Å². The predicted octanol–water partition coefficient (Wildman–Crippen LogP) is 3.24. The summed E-state index contributed by atoms with van der Waals surface area (Å²) in [5.41, 5.74) is 1.40. The van der Waals surface area contributed by atoms with Crippen LogP contribution >= 0.6 is 0 Å². The van der Waals surface area contributed by atoms with E-state index < -0.39 is 0 Å². The number of ether oxygens (including phenoxy) is 1. The second-order valence-corrected chi connectivity index (χ2v) is 7.37. The lowest BCUT2D eigenvalue weighted by Gasteiger charge is -2.32. The third-order valence-electron chi connectivity index (χ3n) is 5.42. The van der Waals surface area contributed by atoms with Crippen molar-refractivity contribution in [2.75, 3.05) is 6.61 Å². The van der Waals surface area contributed by atoms with E-state index >= 15 is 0 Å². The van der Waals surface area contributed by atoms with Gasteiger partial charge in [-0.05, 0) is 37.5 Å². The Morgan fingerprint density at radius 1 is 1.36 bits per heavy atom. The number of benzene rings is 1. The Hall–Kier alpha value is -1.95. The number of aromatic nitrogens is 2. The van der Waals surface area contributed by atoms with E-state index in [2.05, 4.69) is 15.3 Å². The molecule has 1 aromatic carbocycles. The average molecular weight is 345 g/mol. The number of halogens is 1. The molecule has 5 nitrogen and oxygen atoms in total. The fourth-order valence-electron chi connectivity index (χ4n) is 4.17. The Labute approximate surface area is 146 Å². The van der Waals surface area contributed by atoms with Crippen molar-refractivity contribution in [3.8, 4) is 0 Å². The maximum absolute atomic E-state index is 13.2. The molecule has 0 bridgehead atoms. The van der Waals surface area contributed by atoms with Crippen LogP contribution < -0.4 is 5.32 Å². The van der Waals surface area contributed by atoms with Gasteiger partial charge in [-0.15, -0.1) is 0 Å². The number of fused-ring (bicyclic) bond motifs is 1. The molecule has 1 spiro atoms. The lowest BCUT2D eigenvalue weighted by atomic mass is 9.82. The van der Waals surface area contributed by atoms with Gasteiger partial charge in [-0.1, -0.05) is 19.3 Å². The molecule has 1 aliphatic heterocycles. The van der Waals surface area contributed by atoms with Gasteiger partial charge in [0.2, 0.25) is 5.91 Å². The van der Waals surface area contributed by atoms with Gasteiger partial charge in [-0.25, -0.2) is 9.37 Å². The van der Waals surface area contributed by atoms with Crippen molar-refractivity contribution in [3.05, 3.63) is 29.8 Å². The Kier molecular flexibility index (Phi) is 4.46. The number of aryl methyl sites for hydroxylation is 1. The highest BCUT2D eigenvalue weighted by Gasteiger charge is 2.41. The summed E-state index contributed by atoms with van der Waals surface area (Å²) in [4.78, 5) is 19.7. The summed E-state index contributed by atoms with van der Waals surface area (Å²) >= 11 is 0. The first-order chi connectivity index (χ1) is 12.1. The minimum atomic E-state index is -0.293. The summed E-state index contributed by atoms with van der Waals surface area (Å²) in [6, 6.07) is 4.58. The summed E-state index contributed by atoms with van der Waals surface area (Å²) in [6.07, 6.45) is 7.81. The van der Waals surface area contributed by atoms with Crippen molar-refractivity contribution in [3.63, 3.8) is 0 Å². The predicted molar refractivity (Wildman–Crippen MR) is 92.7 cm³/mol. The molecule has 2 aromatic rings. The summed E-state index contributed by atoms with van der Waals surface area (Å²) < 4.78 is 19.3. The molecule has 1 atom stereocenters. The number of nitrogens with one attached hydrogen (secondary N) is 2. The van der Waals surface area contributed by atoms with Crippen molar-refractivity contribution < 1.29 is 13.9 Å². The van der Waals surface area contributed by atoms with Gasteiger partial charge in [0.25, 0.3) is 0 Å². The highest BCUT2D eigenvalue weighted by atomic mass is 19.1. The molecule has 2 N–H and O–H groups in total. The van der Waals surface area contributed by atoms with E-state index in [0.29, 0.717) is 30.8 Å². The van der Waals surface area contributed by atoms with Gasteiger partial charge in [0, 0.05) is 12.8 Å². The summed E-state index contributed by atoms with van der Waals surface area (Å²) in [5, 5.41) is 3.10. The maximum Gasteiger partial charge on any atom is 0.220 e. The third-order valence-corrected chi connectivity index (χ3v) is 5.42. The molecule has 1 amide bonds. The number of carbonyl (C=O) groups is 1. The first-order valence-electron chi connectivity index (χ1n) is 9.19. The quantitative estimate of drug-likeness (QED) is 0.894. The number of nitrogens with zero attached hydrogens (tertiary/aromatic N) is 1. The van der Waals surface area contributed by atoms with Crippen LogP contribution in [0.25, 0.3) is 11.0 Å². The first kappa shape index (κ1) is 16.5. The largest absolute Gasteiger partial charge is 0.373 e. The number of hydrogen-bond acceptors (Lipinski definition) is 3. The topological polar surface area (TPSA) is 67.0 Å². The molecule has 2 aliphatic rings. The van der Waals surface area contributed by atoms with Gasteiger partial charge < -0.3 is 15.0 Å². The number of imidazole rings is 1.